The van der Waals surface area contributed by atoms with Crippen molar-refractivity contribution >= 4 is 38.0 Å². The summed E-state index contributed by atoms with van der Waals surface area (Å²) in [6.07, 6.45) is 1.22. The van der Waals surface area contributed by atoms with Crippen molar-refractivity contribution in [3.05, 3.63) is 82.9 Å². The molecule has 1 N–H and O–H groups in total. The van der Waals surface area contributed by atoms with E-state index < -0.39 is 20.1 Å². The van der Waals surface area contributed by atoms with Gasteiger partial charge >= 0.3 is 10.1 Å². The average molecular weight is 509 g/mol. The normalized spacial score (nSPS) is 12.0. The number of hydrogen-bond donors (Lipinski definition) is 1. The number of halogens is 1. The van der Waals surface area contributed by atoms with Gasteiger partial charge in [-0.25, -0.2) is 4.83 Å². The summed E-state index contributed by atoms with van der Waals surface area (Å²) in [6.45, 7) is 3.75. The molecule has 3 aromatic rings. The van der Waals surface area contributed by atoms with Crippen LogP contribution in [-0.4, -0.2) is 29.7 Å². The predicted octanol–water partition coefficient (Wildman–Crippen LogP) is 4.13. The zero-order valence-corrected chi connectivity index (χ0v) is 20.1. The second kappa shape index (κ2) is 10.2. The van der Waals surface area contributed by atoms with E-state index >= 15 is 0 Å². The first-order chi connectivity index (χ1) is 15.6. The number of ether oxygens (including phenoxy) is 1. The lowest BCUT2D eigenvalue weighted by molar-refractivity contribution is 0.327. The number of rotatable bonds is 9. The molecule has 0 radical (unpaired) electrons. The van der Waals surface area contributed by atoms with Gasteiger partial charge in [-0.2, -0.15) is 21.9 Å². The highest BCUT2D eigenvalue weighted by molar-refractivity contribution is 7.89. The van der Waals surface area contributed by atoms with Crippen LogP contribution in [0.4, 0.5) is 0 Å². The predicted molar refractivity (Wildman–Crippen MR) is 126 cm³/mol. The van der Waals surface area contributed by atoms with Crippen molar-refractivity contribution < 1.29 is 25.8 Å². The van der Waals surface area contributed by atoms with Gasteiger partial charge in [0, 0.05) is 0 Å². The van der Waals surface area contributed by atoms with Crippen molar-refractivity contribution in [2.24, 2.45) is 5.10 Å². The fourth-order valence-corrected chi connectivity index (χ4v) is 4.76. The zero-order valence-electron chi connectivity index (χ0n) is 17.7. The molecular formula is C22H21ClN2O6S2. The highest BCUT2D eigenvalue weighted by Crippen LogP contribution is 2.38. The maximum absolute atomic E-state index is 12.7. The Morgan fingerprint density at radius 3 is 2.27 bits per heavy atom. The minimum Gasteiger partial charge on any atom is -0.490 e. The van der Waals surface area contributed by atoms with Crippen molar-refractivity contribution in [1.29, 1.82) is 0 Å². The molecule has 174 valence electrons. The lowest BCUT2D eigenvalue weighted by Crippen LogP contribution is -2.18. The molecule has 3 rings (SSSR count). The summed E-state index contributed by atoms with van der Waals surface area (Å²) in [5.74, 6) is -0.117. The van der Waals surface area contributed by atoms with E-state index in [2.05, 4.69) is 9.93 Å². The van der Waals surface area contributed by atoms with Gasteiger partial charge in [-0.05, 0) is 55.8 Å². The number of aryl methyl sites for hydroxylation is 1. The molecule has 0 unspecified atom stereocenters. The fourth-order valence-electron chi connectivity index (χ4n) is 2.69. The summed E-state index contributed by atoms with van der Waals surface area (Å²) in [6, 6.07) is 16.7. The van der Waals surface area contributed by atoms with E-state index in [0.29, 0.717) is 5.56 Å². The maximum Gasteiger partial charge on any atom is 0.339 e. The van der Waals surface area contributed by atoms with Crippen LogP contribution in [0.2, 0.25) is 5.02 Å². The second-order valence-corrected chi connectivity index (χ2v) is 10.4. The molecule has 0 saturated heterocycles. The Morgan fingerprint density at radius 1 is 0.970 bits per heavy atom. The molecule has 33 heavy (non-hydrogen) atoms. The first kappa shape index (κ1) is 24.6. The van der Waals surface area contributed by atoms with Crippen molar-refractivity contribution in [3.63, 3.8) is 0 Å². The molecule has 11 heteroatoms. The zero-order chi connectivity index (χ0) is 24.1. The van der Waals surface area contributed by atoms with Gasteiger partial charge < -0.3 is 8.92 Å². The summed E-state index contributed by atoms with van der Waals surface area (Å²) in [7, 11) is -8.01. The third-order valence-electron chi connectivity index (χ3n) is 4.27. The number of hydrogen-bond acceptors (Lipinski definition) is 7. The molecule has 0 spiro atoms. The van der Waals surface area contributed by atoms with Crippen molar-refractivity contribution in [1.82, 2.24) is 4.83 Å². The minimum absolute atomic E-state index is 0.0347. The minimum atomic E-state index is -4.16. The Labute approximate surface area is 198 Å². The highest BCUT2D eigenvalue weighted by Gasteiger charge is 2.22. The lowest BCUT2D eigenvalue weighted by Gasteiger charge is -2.14. The SMILES string of the molecule is CCOc1cc(/C=N\NS(=O)(=O)c2ccccc2)cc(Cl)c1OS(=O)(=O)c1ccc(C)cc1. The molecule has 0 atom stereocenters. The van der Waals surface area contributed by atoms with Gasteiger partial charge in [0.25, 0.3) is 10.0 Å². The topological polar surface area (TPSA) is 111 Å². The van der Waals surface area contributed by atoms with Crippen molar-refractivity contribution in [3.8, 4) is 11.5 Å². The second-order valence-electron chi connectivity index (χ2n) is 6.78. The molecule has 0 amide bonds. The summed E-state index contributed by atoms with van der Waals surface area (Å²) < 4.78 is 60.7. The van der Waals surface area contributed by atoms with Crippen LogP contribution in [0.25, 0.3) is 0 Å². The Morgan fingerprint density at radius 2 is 1.64 bits per heavy atom. The van der Waals surface area contributed by atoms with Crippen LogP contribution in [0.15, 0.2) is 81.6 Å². The Bertz CT molecular complexity index is 1360. The van der Waals surface area contributed by atoms with Crippen LogP contribution in [0.3, 0.4) is 0 Å². The third kappa shape index (κ3) is 6.25. The lowest BCUT2D eigenvalue weighted by atomic mass is 10.2. The molecular weight excluding hydrogens is 488 g/mol. The standard InChI is InChI=1S/C22H21ClN2O6S2/c1-3-30-21-14-17(15-24-25-32(26,27)18-7-5-4-6-8-18)13-20(23)22(21)31-33(28,29)19-11-9-16(2)10-12-19/h4-15,25H,3H2,1-2H3/b24-15-. The Kier molecular flexibility index (Phi) is 7.62. The van der Waals surface area contributed by atoms with Crippen molar-refractivity contribution in [2.45, 2.75) is 23.6 Å². The largest absolute Gasteiger partial charge is 0.490 e. The van der Waals surface area contributed by atoms with Crippen molar-refractivity contribution in [2.75, 3.05) is 6.61 Å². The van der Waals surface area contributed by atoms with E-state index in [0.717, 1.165) is 5.56 Å². The average Bonchev–Trinajstić information content (AvgIpc) is 2.77. The van der Waals surface area contributed by atoms with Gasteiger partial charge in [-0.15, -0.1) is 0 Å². The highest BCUT2D eigenvalue weighted by atomic mass is 35.5. The summed E-state index contributed by atoms with van der Waals surface area (Å²) >= 11 is 6.28. The van der Waals surface area contributed by atoms with Gasteiger partial charge in [0.1, 0.15) is 4.90 Å². The molecule has 0 aliphatic rings. The number of nitrogens with zero attached hydrogens (tertiary/aromatic N) is 1. The number of benzene rings is 3. The molecule has 0 bridgehead atoms. The number of hydrazone groups is 1. The maximum atomic E-state index is 12.7. The van der Waals surface area contributed by atoms with Crippen LogP contribution >= 0.6 is 11.6 Å². The van der Waals surface area contributed by atoms with E-state index in [1.807, 2.05) is 6.92 Å². The van der Waals surface area contributed by atoms with E-state index in [9.17, 15) is 16.8 Å². The molecule has 0 saturated carbocycles. The first-order valence-corrected chi connectivity index (χ1v) is 13.0. The van der Waals surface area contributed by atoms with E-state index in [1.165, 1.54) is 42.6 Å². The smallest absolute Gasteiger partial charge is 0.339 e. The van der Waals surface area contributed by atoms with Gasteiger partial charge in [0.15, 0.2) is 5.75 Å². The van der Waals surface area contributed by atoms with Crippen LogP contribution < -0.4 is 13.8 Å². The summed E-state index contributed by atoms with van der Waals surface area (Å²) in [5.41, 5.74) is 1.26. The Balaban J connectivity index is 1.86. The number of sulfonamides is 1. The van der Waals surface area contributed by atoms with Crippen LogP contribution in [0.5, 0.6) is 11.5 Å². The van der Waals surface area contributed by atoms with Gasteiger partial charge in [-0.3, -0.25) is 0 Å². The first-order valence-electron chi connectivity index (χ1n) is 9.70. The van der Waals surface area contributed by atoms with E-state index in [-0.39, 0.29) is 32.9 Å². The quantitative estimate of drug-likeness (QED) is 0.264. The summed E-state index contributed by atoms with van der Waals surface area (Å²) in [4.78, 5) is 2.13. The van der Waals surface area contributed by atoms with Crippen LogP contribution in [0.1, 0.15) is 18.1 Å². The Hall–Kier alpha value is -3.08. The fraction of sp³-hybridized carbons (Fsp3) is 0.136. The molecule has 0 aliphatic carbocycles. The number of nitrogens with one attached hydrogen (secondary N) is 1. The molecule has 0 fully saturated rings. The molecule has 8 nitrogen and oxygen atoms in total. The van der Waals surface area contributed by atoms with Crippen LogP contribution in [-0.2, 0) is 20.1 Å². The third-order valence-corrected chi connectivity index (χ3v) is 7.03. The molecule has 0 heterocycles. The van der Waals surface area contributed by atoms with Gasteiger partial charge in [0.05, 0.1) is 22.7 Å². The van der Waals surface area contributed by atoms with Crippen LogP contribution in [0, 0.1) is 6.92 Å². The monoisotopic (exact) mass is 508 g/mol. The molecule has 3 aromatic carbocycles. The van der Waals surface area contributed by atoms with Gasteiger partial charge in [-0.1, -0.05) is 47.5 Å². The molecule has 0 aromatic heterocycles. The summed E-state index contributed by atoms with van der Waals surface area (Å²) in [5, 5.41) is 3.70. The molecule has 0 aliphatic heterocycles. The van der Waals surface area contributed by atoms with E-state index in [4.69, 9.17) is 20.5 Å². The van der Waals surface area contributed by atoms with Gasteiger partial charge in [0.2, 0.25) is 5.75 Å². The van der Waals surface area contributed by atoms with E-state index in [1.54, 1.807) is 37.3 Å².